The van der Waals surface area contributed by atoms with E-state index in [0.717, 1.165) is 0 Å². The van der Waals surface area contributed by atoms with Gasteiger partial charge in [0.15, 0.2) is 12.3 Å². The lowest BCUT2D eigenvalue weighted by Crippen LogP contribution is -2.33. The average Bonchev–Trinajstić information content (AvgIpc) is 2.26. The molecule has 0 aliphatic carbocycles. The molecule has 0 saturated carbocycles. The van der Waals surface area contributed by atoms with E-state index in [-0.39, 0.29) is 0 Å². The Labute approximate surface area is 104 Å². The Morgan fingerprint density at radius 2 is 1.72 bits per heavy atom. The summed E-state index contributed by atoms with van der Waals surface area (Å²) < 4.78 is 77.5. The van der Waals surface area contributed by atoms with Crippen molar-refractivity contribution in [3.8, 4) is 0 Å². The first-order valence-corrected chi connectivity index (χ1v) is 6.54. The fourth-order valence-corrected chi connectivity index (χ4v) is 1.37. The van der Waals surface area contributed by atoms with Crippen molar-refractivity contribution in [2.75, 3.05) is 19.0 Å². The summed E-state index contributed by atoms with van der Waals surface area (Å²) in [6.45, 7) is 2.77. The van der Waals surface area contributed by atoms with Gasteiger partial charge in [-0.25, -0.2) is 13.2 Å². The first-order chi connectivity index (χ1) is 8.19. The SMILES string of the molecule is C=CCN.O=S(=O)(O)CC(F)C(F)C(F)CCF. The van der Waals surface area contributed by atoms with Crippen LogP contribution in [0, 0.1) is 0 Å². The number of hydrogen-bond donors (Lipinski definition) is 2. The van der Waals surface area contributed by atoms with Gasteiger partial charge in [0.1, 0.15) is 11.9 Å². The van der Waals surface area contributed by atoms with Crippen LogP contribution >= 0.6 is 0 Å². The first-order valence-electron chi connectivity index (χ1n) is 4.93. The van der Waals surface area contributed by atoms with Gasteiger partial charge in [0.2, 0.25) is 0 Å². The minimum Gasteiger partial charge on any atom is -0.327 e. The topological polar surface area (TPSA) is 80.4 Å². The van der Waals surface area contributed by atoms with Crippen LogP contribution in [0.5, 0.6) is 0 Å². The Balaban J connectivity index is 0. The van der Waals surface area contributed by atoms with Crippen LogP contribution in [-0.4, -0.2) is 50.5 Å². The summed E-state index contributed by atoms with van der Waals surface area (Å²) in [5, 5.41) is 0. The summed E-state index contributed by atoms with van der Waals surface area (Å²) in [6, 6.07) is 0. The second-order valence-corrected chi connectivity index (χ2v) is 4.72. The highest BCUT2D eigenvalue weighted by Crippen LogP contribution is 2.16. The lowest BCUT2D eigenvalue weighted by molar-refractivity contribution is 0.0827. The molecule has 0 radical (unpaired) electrons. The number of halogens is 4. The van der Waals surface area contributed by atoms with Crippen LogP contribution < -0.4 is 5.73 Å². The van der Waals surface area contributed by atoms with Crippen molar-refractivity contribution in [2.45, 2.75) is 24.9 Å². The van der Waals surface area contributed by atoms with Crippen molar-refractivity contribution >= 4 is 10.1 Å². The van der Waals surface area contributed by atoms with Gasteiger partial charge < -0.3 is 5.73 Å². The maximum atomic E-state index is 12.6. The van der Waals surface area contributed by atoms with Crippen LogP contribution in [0.3, 0.4) is 0 Å². The zero-order valence-electron chi connectivity index (χ0n) is 9.61. The van der Waals surface area contributed by atoms with E-state index in [1.807, 2.05) is 0 Å². The highest BCUT2D eigenvalue weighted by atomic mass is 32.2. The van der Waals surface area contributed by atoms with Gasteiger partial charge in [-0.05, 0) is 0 Å². The molecular weight excluding hydrogens is 278 g/mol. The Hall–Kier alpha value is -0.670. The summed E-state index contributed by atoms with van der Waals surface area (Å²) in [6.07, 6.45) is -7.02. The Kier molecular flexibility index (Phi) is 11.2. The van der Waals surface area contributed by atoms with Gasteiger partial charge in [-0.15, -0.1) is 6.58 Å². The largest absolute Gasteiger partial charge is 0.327 e. The zero-order valence-corrected chi connectivity index (χ0v) is 10.4. The number of nitrogens with two attached hydrogens (primary N) is 1. The van der Waals surface area contributed by atoms with Crippen LogP contribution in [0.4, 0.5) is 17.6 Å². The van der Waals surface area contributed by atoms with Gasteiger partial charge in [0, 0.05) is 13.0 Å². The summed E-state index contributed by atoms with van der Waals surface area (Å²) in [5.74, 6) is -1.53. The molecule has 3 N–H and O–H groups in total. The van der Waals surface area contributed by atoms with Crippen LogP contribution in [0.15, 0.2) is 12.7 Å². The van der Waals surface area contributed by atoms with E-state index in [4.69, 9.17) is 10.3 Å². The molecule has 4 nitrogen and oxygen atoms in total. The quantitative estimate of drug-likeness (QED) is 0.422. The zero-order chi connectivity index (χ0) is 14.8. The van der Waals surface area contributed by atoms with E-state index < -0.39 is 47.5 Å². The molecule has 0 heterocycles. The molecule has 0 saturated heterocycles. The second kappa shape index (κ2) is 10.3. The summed E-state index contributed by atoms with van der Waals surface area (Å²) in [4.78, 5) is 0. The summed E-state index contributed by atoms with van der Waals surface area (Å²) in [5.41, 5.74) is 4.91. The maximum Gasteiger partial charge on any atom is 0.267 e. The maximum absolute atomic E-state index is 12.6. The predicted molar refractivity (Wildman–Crippen MR) is 60.9 cm³/mol. The molecule has 3 atom stereocenters. The molecule has 0 aromatic heterocycles. The molecule has 0 spiro atoms. The Morgan fingerprint density at radius 1 is 1.28 bits per heavy atom. The molecule has 9 heteroatoms. The van der Waals surface area contributed by atoms with E-state index in [1.54, 1.807) is 6.08 Å². The van der Waals surface area contributed by atoms with Crippen molar-refractivity contribution in [2.24, 2.45) is 5.73 Å². The smallest absolute Gasteiger partial charge is 0.267 e. The van der Waals surface area contributed by atoms with E-state index in [2.05, 4.69) is 6.58 Å². The van der Waals surface area contributed by atoms with E-state index in [0.29, 0.717) is 6.54 Å². The average molecular weight is 295 g/mol. The number of hydrogen-bond acceptors (Lipinski definition) is 3. The molecule has 0 aromatic rings. The third kappa shape index (κ3) is 11.8. The first kappa shape index (κ1) is 19.7. The van der Waals surface area contributed by atoms with Gasteiger partial charge in [-0.3, -0.25) is 8.94 Å². The lowest BCUT2D eigenvalue weighted by Gasteiger charge is -2.15. The van der Waals surface area contributed by atoms with E-state index >= 15 is 0 Å². The van der Waals surface area contributed by atoms with Crippen LogP contribution in [-0.2, 0) is 10.1 Å². The standard InChI is InChI=1S/C6H10F4O3S.C3H7N/c7-2-1-4(8)6(10)5(9)3-14(11,12)13;1-2-3-4/h4-6H,1-3H2,(H,11,12,13);2H,1,3-4H2. The molecule has 0 aliphatic heterocycles. The van der Waals surface area contributed by atoms with Gasteiger partial charge in [0.05, 0.1) is 6.67 Å². The van der Waals surface area contributed by atoms with Crippen LogP contribution in [0.1, 0.15) is 6.42 Å². The van der Waals surface area contributed by atoms with Crippen molar-refractivity contribution in [1.82, 2.24) is 0 Å². The van der Waals surface area contributed by atoms with E-state index in [9.17, 15) is 26.0 Å². The van der Waals surface area contributed by atoms with Crippen molar-refractivity contribution in [1.29, 1.82) is 0 Å². The monoisotopic (exact) mass is 295 g/mol. The summed E-state index contributed by atoms with van der Waals surface area (Å²) >= 11 is 0. The Bertz CT molecular complexity index is 313. The molecule has 0 fully saturated rings. The molecule has 110 valence electrons. The fraction of sp³-hybridized carbons (Fsp3) is 0.778. The minimum absolute atomic E-state index is 0.583. The molecule has 18 heavy (non-hydrogen) atoms. The van der Waals surface area contributed by atoms with E-state index in [1.165, 1.54) is 0 Å². The Morgan fingerprint density at radius 3 is 2.00 bits per heavy atom. The third-order valence-corrected chi connectivity index (χ3v) is 2.35. The van der Waals surface area contributed by atoms with Gasteiger partial charge in [-0.2, -0.15) is 8.42 Å². The van der Waals surface area contributed by atoms with Crippen molar-refractivity contribution < 1.29 is 30.5 Å². The minimum atomic E-state index is -4.69. The molecule has 0 aliphatic rings. The molecule has 0 amide bonds. The second-order valence-electron chi connectivity index (χ2n) is 3.23. The van der Waals surface area contributed by atoms with Gasteiger partial charge in [0.25, 0.3) is 10.1 Å². The lowest BCUT2D eigenvalue weighted by atomic mass is 10.1. The van der Waals surface area contributed by atoms with Crippen LogP contribution in [0.2, 0.25) is 0 Å². The highest BCUT2D eigenvalue weighted by Gasteiger charge is 2.32. The van der Waals surface area contributed by atoms with Crippen LogP contribution in [0.25, 0.3) is 0 Å². The fourth-order valence-electron chi connectivity index (χ4n) is 0.783. The highest BCUT2D eigenvalue weighted by molar-refractivity contribution is 7.85. The van der Waals surface area contributed by atoms with Gasteiger partial charge in [-0.1, -0.05) is 6.08 Å². The van der Waals surface area contributed by atoms with Gasteiger partial charge >= 0.3 is 0 Å². The van der Waals surface area contributed by atoms with Crippen molar-refractivity contribution in [3.63, 3.8) is 0 Å². The normalized spacial score (nSPS) is 16.1. The third-order valence-electron chi connectivity index (χ3n) is 1.61. The summed E-state index contributed by atoms with van der Waals surface area (Å²) in [7, 11) is -4.69. The molecule has 0 rings (SSSR count). The van der Waals surface area contributed by atoms with Crippen molar-refractivity contribution in [3.05, 3.63) is 12.7 Å². The molecule has 0 bridgehead atoms. The predicted octanol–water partition coefficient (Wildman–Crippen LogP) is 1.38. The number of alkyl halides is 4. The number of rotatable bonds is 7. The molecule has 3 unspecified atom stereocenters. The molecule has 0 aromatic carbocycles. The molecular formula is C9H17F4NO3S.